The number of halogens is 2. The van der Waals surface area contributed by atoms with Gasteiger partial charge in [0.2, 0.25) is 0 Å². The van der Waals surface area contributed by atoms with Gasteiger partial charge in [-0.25, -0.2) is 4.39 Å². The third-order valence-corrected chi connectivity index (χ3v) is 5.30. The van der Waals surface area contributed by atoms with Gasteiger partial charge in [0.25, 0.3) is 5.91 Å². The minimum Gasteiger partial charge on any atom is -0.484 e. The van der Waals surface area contributed by atoms with Crippen molar-refractivity contribution in [3.05, 3.63) is 64.9 Å². The van der Waals surface area contributed by atoms with Crippen molar-refractivity contribution >= 4 is 17.5 Å². The maximum atomic E-state index is 13.2. The van der Waals surface area contributed by atoms with Gasteiger partial charge in [-0.15, -0.1) is 0 Å². The van der Waals surface area contributed by atoms with Crippen molar-refractivity contribution < 1.29 is 19.0 Å². The molecule has 0 aliphatic carbocycles. The zero-order valence-corrected chi connectivity index (χ0v) is 17.2. The molecule has 0 spiro atoms. The molecule has 1 aliphatic heterocycles. The summed E-state index contributed by atoms with van der Waals surface area (Å²) in [6, 6.07) is 13.4. The molecule has 0 saturated carbocycles. The molecule has 1 heterocycles. The maximum absolute atomic E-state index is 13.2. The average Bonchev–Trinajstić information content (AvgIpc) is 2.70. The van der Waals surface area contributed by atoms with E-state index in [9.17, 15) is 14.3 Å². The predicted octanol–water partition coefficient (Wildman–Crippen LogP) is 3.34. The Morgan fingerprint density at radius 1 is 1.21 bits per heavy atom. The summed E-state index contributed by atoms with van der Waals surface area (Å²) >= 11 is 5.86. The lowest BCUT2D eigenvalue weighted by molar-refractivity contribution is -0.137. The molecular weight excluding hydrogens is 395 g/mol. The number of aliphatic hydroxyl groups is 1. The lowest BCUT2D eigenvalue weighted by Crippen LogP contribution is -2.55. The first-order chi connectivity index (χ1) is 13.9. The van der Waals surface area contributed by atoms with Gasteiger partial charge in [-0.2, -0.15) is 0 Å². The van der Waals surface area contributed by atoms with E-state index in [1.807, 2.05) is 0 Å². The first-order valence-corrected chi connectivity index (χ1v) is 10.1. The van der Waals surface area contributed by atoms with Gasteiger partial charge in [0.05, 0.1) is 6.10 Å². The fourth-order valence-electron chi connectivity index (χ4n) is 3.54. The van der Waals surface area contributed by atoms with Gasteiger partial charge in [0.1, 0.15) is 11.6 Å². The van der Waals surface area contributed by atoms with Crippen LogP contribution < -0.4 is 4.74 Å². The average molecular weight is 421 g/mol. The summed E-state index contributed by atoms with van der Waals surface area (Å²) in [7, 11) is 0. The molecular formula is C22H26ClFN2O3. The first-order valence-electron chi connectivity index (χ1n) is 9.73. The summed E-state index contributed by atoms with van der Waals surface area (Å²) in [5.74, 6) is 0.251. The van der Waals surface area contributed by atoms with Crippen LogP contribution in [0.3, 0.4) is 0 Å². The second kappa shape index (κ2) is 10.1. The van der Waals surface area contributed by atoms with Crippen LogP contribution in [0.5, 0.6) is 5.75 Å². The first kappa shape index (κ1) is 21.6. The zero-order valence-electron chi connectivity index (χ0n) is 16.4. The molecule has 1 aliphatic rings. The van der Waals surface area contributed by atoms with Crippen LogP contribution in [0.4, 0.5) is 4.39 Å². The molecule has 3 rings (SSSR count). The smallest absolute Gasteiger partial charge is 0.260 e. The molecule has 2 aromatic rings. The van der Waals surface area contributed by atoms with Crippen LogP contribution in [-0.2, 0) is 11.3 Å². The summed E-state index contributed by atoms with van der Waals surface area (Å²) in [4.78, 5) is 16.6. The van der Waals surface area contributed by atoms with Crippen LogP contribution >= 0.6 is 11.6 Å². The highest BCUT2D eigenvalue weighted by molar-refractivity contribution is 6.30. The van der Waals surface area contributed by atoms with Crippen LogP contribution in [0.25, 0.3) is 0 Å². The third-order valence-electron chi connectivity index (χ3n) is 5.05. The summed E-state index contributed by atoms with van der Waals surface area (Å²) in [6.45, 7) is 4.15. The highest BCUT2D eigenvalue weighted by atomic mass is 35.5. The van der Waals surface area contributed by atoms with E-state index in [4.69, 9.17) is 16.3 Å². The molecule has 0 aromatic heterocycles. The van der Waals surface area contributed by atoms with Crippen molar-refractivity contribution in [3.63, 3.8) is 0 Å². The topological polar surface area (TPSA) is 53.0 Å². The number of piperazine rings is 1. The van der Waals surface area contributed by atoms with Crippen LogP contribution in [-0.4, -0.2) is 59.2 Å². The number of carbonyl (C=O) groups excluding carboxylic acids is 1. The molecule has 29 heavy (non-hydrogen) atoms. The summed E-state index contributed by atoms with van der Waals surface area (Å²) in [6.07, 6.45) is 0.0827. The molecule has 2 atom stereocenters. The third kappa shape index (κ3) is 6.42. The SMILES string of the molecule is CC(O)CC1CN(C(=O)COc2ccc(Cl)cc2)CCN1Cc1ccc(F)cc1. The van der Waals surface area contributed by atoms with Crippen LogP contribution in [0.15, 0.2) is 48.5 Å². The number of rotatable bonds is 7. The molecule has 156 valence electrons. The normalized spacial score (nSPS) is 18.5. The molecule has 5 nitrogen and oxygen atoms in total. The molecule has 1 amide bonds. The van der Waals surface area contributed by atoms with Gasteiger partial charge in [-0.3, -0.25) is 9.69 Å². The van der Waals surface area contributed by atoms with Gasteiger partial charge in [0.15, 0.2) is 6.61 Å². The van der Waals surface area contributed by atoms with E-state index < -0.39 is 6.10 Å². The van der Waals surface area contributed by atoms with Crippen LogP contribution in [0, 0.1) is 5.82 Å². The fraction of sp³-hybridized carbons (Fsp3) is 0.409. The Labute approximate surface area is 175 Å². The van der Waals surface area contributed by atoms with Gasteiger partial charge in [0, 0.05) is 37.2 Å². The Morgan fingerprint density at radius 3 is 2.55 bits per heavy atom. The van der Waals surface area contributed by atoms with E-state index in [1.54, 1.807) is 48.2 Å². The van der Waals surface area contributed by atoms with Gasteiger partial charge in [-0.05, 0) is 55.3 Å². The van der Waals surface area contributed by atoms with Crippen molar-refractivity contribution in [1.29, 1.82) is 0 Å². The largest absolute Gasteiger partial charge is 0.484 e. The summed E-state index contributed by atoms with van der Waals surface area (Å²) in [5, 5.41) is 10.5. The number of hydrogen-bond donors (Lipinski definition) is 1. The molecule has 7 heteroatoms. The Balaban J connectivity index is 1.58. The quantitative estimate of drug-likeness (QED) is 0.746. The molecule has 2 unspecified atom stereocenters. The number of benzene rings is 2. The predicted molar refractivity (Wildman–Crippen MR) is 110 cm³/mol. The number of amides is 1. The molecule has 1 saturated heterocycles. The number of ether oxygens (including phenoxy) is 1. The molecule has 1 N–H and O–H groups in total. The lowest BCUT2D eigenvalue weighted by atomic mass is 10.0. The number of nitrogens with zero attached hydrogens (tertiary/aromatic N) is 2. The Bertz CT molecular complexity index is 799. The highest BCUT2D eigenvalue weighted by Gasteiger charge is 2.30. The molecule has 0 radical (unpaired) electrons. The minimum absolute atomic E-state index is 0.0216. The number of carbonyl (C=O) groups is 1. The summed E-state index contributed by atoms with van der Waals surface area (Å²) in [5.41, 5.74) is 1.01. The van der Waals surface area contributed by atoms with Crippen LogP contribution in [0.1, 0.15) is 18.9 Å². The lowest BCUT2D eigenvalue weighted by Gasteiger charge is -2.42. The Morgan fingerprint density at radius 2 is 1.90 bits per heavy atom. The molecule has 2 aromatic carbocycles. The second-order valence-electron chi connectivity index (χ2n) is 7.42. The standard InChI is InChI=1S/C22H26ClFN2O3/c1-16(27)12-20-14-26(22(28)15-29-21-8-4-18(23)5-9-21)11-10-25(20)13-17-2-6-19(24)7-3-17/h2-9,16,20,27H,10-15H2,1H3. The van der Waals surface area contributed by atoms with E-state index in [0.717, 1.165) is 5.56 Å². The molecule has 0 bridgehead atoms. The number of hydrogen-bond acceptors (Lipinski definition) is 4. The zero-order chi connectivity index (χ0) is 20.8. The number of aliphatic hydroxyl groups excluding tert-OH is 1. The van der Waals surface area contributed by atoms with E-state index >= 15 is 0 Å². The highest BCUT2D eigenvalue weighted by Crippen LogP contribution is 2.20. The fourth-order valence-corrected chi connectivity index (χ4v) is 3.66. The van der Waals surface area contributed by atoms with Crippen molar-refractivity contribution in [3.8, 4) is 5.75 Å². The Hall–Kier alpha value is -2.15. The van der Waals surface area contributed by atoms with Gasteiger partial charge in [-0.1, -0.05) is 23.7 Å². The van der Waals surface area contributed by atoms with E-state index in [-0.39, 0.29) is 24.4 Å². The van der Waals surface area contributed by atoms with Crippen molar-refractivity contribution in [2.45, 2.75) is 32.0 Å². The van der Waals surface area contributed by atoms with Gasteiger partial charge < -0.3 is 14.7 Å². The van der Waals surface area contributed by atoms with E-state index in [2.05, 4.69) is 4.90 Å². The second-order valence-corrected chi connectivity index (χ2v) is 7.85. The Kier molecular flexibility index (Phi) is 7.47. The molecule has 1 fully saturated rings. The van der Waals surface area contributed by atoms with E-state index in [1.165, 1.54) is 12.1 Å². The van der Waals surface area contributed by atoms with Gasteiger partial charge >= 0.3 is 0 Å². The van der Waals surface area contributed by atoms with Crippen LogP contribution in [0.2, 0.25) is 5.02 Å². The maximum Gasteiger partial charge on any atom is 0.260 e. The minimum atomic E-state index is -0.476. The monoisotopic (exact) mass is 420 g/mol. The summed E-state index contributed by atoms with van der Waals surface area (Å²) < 4.78 is 18.7. The van der Waals surface area contributed by atoms with Crippen molar-refractivity contribution in [1.82, 2.24) is 9.80 Å². The van der Waals surface area contributed by atoms with Crippen molar-refractivity contribution in [2.24, 2.45) is 0 Å². The van der Waals surface area contributed by atoms with Crippen molar-refractivity contribution in [2.75, 3.05) is 26.2 Å². The van der Waals surface area contributed by atoms with E-state index in [0.29, 0.717) is 43.4 Å².